The van der Waals surface area contributed by atoms with Crippen molar-refractivity contribution in [1.82, 2.24) is 0 Å². The molecule has 394 valence electrons. The second-order valence-electron chi connectivity index (χ2n) is 22.3. The smallest absolute Gasteiger partial charge is 0.303 e. The minimum Gasteiger partial charge on any atom is -0.455 e. The first-order valence-corrected chi connectivity index (χ1v) is 25.9. The number of aliphatic hydroxyl groups is 1. The molecule has 69 heavy (non-hydrogen) atoms. The van der Waals surface area contributed by atoms with Gasteiger partial charge in [-0.1, -0.05) is 6.92 Å². The Labute approximate surface area is 408 Å². The number of carbonyl (C=O) groups excluding carboxylic acids is 2. The van der Waals surface area contributed by atoms with Gasteiger partial charge in [0, 0.05) is 79.3 Å². The largest absolute Gasteiger partial charge is 0.455 e. The van der Waals surface area contributed by atoms with Crippen molar-refractivity contribution < 1.29 is 85.7 Å². The van der Waals surface area contributed by atoms with Crippen molar-refractivity contribution in [3.8, 4) is 0 Å². The zero-order valence-corrected chi connectivity index (χ0v) is 42.9. The molecule has 0 unspecified atom stereocenters. The zero-order valence-electron chi connectivity index (χ0n) is 42.9. The first-order valence-electron chi connectivity index (χ1n) is 25.9. The first-order chi connectivity index (χ1) is 32.8. The van der Waals surface area contributed by atoms with Gasteiger partial charge < -0.3 is 76.2 Å². The van der Waals surface area contributed by atoms with Gasteiger partial charge >= 0.3 is 5.97 Å². The van der Waals surface area contributed by atoms with E-state index in [0.717, 1.165) is 38.5 Å². The molecule has 6 aliphatic heterocycles. The van der Waals surface area contributed by atoms with Crippen LogP contribution >= 0.6 is 0 Å². The standard InChI is InChI=1S/C51H82O18/c1-24-32-18-37(63-29(6)52)48(54)50(32,8)39-23-38-49(7)15-14-31(17-30(49)13-16-51(38,68-24)69-39)64-40-20-34(56-10)45(26(3)60-40)66-42-22-36(58-12)47(28(5)62-42)67-43-21-35(57-11)46(27(4)61-43)65-41-19-33(55-9)44(53)25(2)59-41/h24-28,30-47,53H,13-23H2,1-12H3/t24-,25+,26+,27+,28+,30-,31-,32-,33+,34+,35-,36+,37-,38+,39+,40-,41-,42-,43-,44+,45+,46+,47+,49-,50-,51-/m0/s1. The third kappa shape index (κ3) is 9.76. The third-order valence-electron chi connectivity index (χ3n) is 18.4. The number of fused-ring (bicyclic) bond motifs is 5. The number of ether oxygens (including phenoxy) is 15. The molecule has 9 aliphatic rings. The molecule has 0 amide bonds. The molecule has 3 saturated carbocycles. The normalized spacial score (nSPS) is 53.2. The highest BCUT2D eigenvalue weighted by Crippen LogP contribution is 2.67. The van der Waals surface area contributed by atoms with E-state index < -0.39 is 97.3 Å². The maximum absolute atomic E-state index is 14.0. The number of ketones is 1. The van der Waals surface area contributed by atoms with Crippen molar-refractivity contribution >= 4 is 11.8 Å². The molecule has 18 nitrogen and oxygen atoms in total. The summed E-state index contributed by atoms with van der Waals surface area (Å²) in [6.45, 7) is 15.5. The monoisotopic (exact) mass is 983 g/mol. The molecule has 26 atom stereocenters. The van der Waals surface area contributed by atoms with Crippen LogP contribution < -0.4 is 0 Å². The fourth-order valence-corrected chi connectivity index (χ4v) is 14.6. The molecule has 9 rings (SSSR count). The number of carbonyl (C=O) groups is 2. The van der Waals surface area contributed by atoms with Crippen LogP contribution in [0.25, 0.3) is 0 Å². The van der Waals surface area contributed by atoms with Gasteiger partial charge in [0.1, 0.15) is 24.4 Å². The number of rotatable bonds is 13. The van der Waals surface area contributed by atoms with E-state index >= 15 is 0 Å². The maximum atomic E-state index is 14.0. The van der Waals surface area contributed by atoms with Gasteiger partial charge in [-0.25, -0.2) is 0 Å². The fraction of sp³-hybridized carbons (Fsp3) is 0.961. The lowest BCUT2D eigenvalue weighted by molar-refractivity contribution is -0.347. The van der Waals surface area contributed by atoms with Crippen LogP contribution in [0.3, 0.4) is 0 Å². The van der Waals surface area contributed by atoms with E-state index in [0.29, 0.717) is 38.0 Å². The number of esters is 1. The molecule has 1 N–H and O–H groups in total. The molecule has 0 aromatic carbocycles. The summed E-state index contributed by atoms with van der Waals surface area (Å²) in [6, 6.07) is 0. The minimum atomic E-state index is -0.780. The SMILES string of the molecule is CO[C@H]1C[C@H](O[C@@H]2[C@@H](C)O[C@@H](O[C@@H]3[C@@H](C)O[C@@H](O[C@H]4CC[C@@]5(C)[C@@H](CC[C@@]67O[C@@H](C)[C@@H]8C[C@H](OC(C)=O)C(=O)[C@]8(C)[C@@H](C[C@@H]65)O7)C4)C[C@H]3OC)C[C@H]2OC)O[C@H](C)[C@H]1O[C@H]1C[C@@H](OC)[C@H](O)[C@@H](C)O1. The summed E-state index contributed by atoms with van der Waals surface area (Å²) in [4.78, 5) is 25.9. The summed E-state index contributed by atoms with van der Waals surface area (Å²) in [6.07, 6.45) is -1.17. The Morgan fingerprint density at radius 3 is 1.59 bits per heavy atom. The van der Waals surface area contributed by atoms with Gasteiger partial charge in [-0.05, 0) is 91.4 Å². The van der Waals surface area contributed by atoms with Crippen LogP contribution in [0.15, 0.2) is 0 Å². The number of methoxy groups -OCH3 is 4. The molecule has 0 aromatic rings. The number of Topliss-reactive ketones (excluding diaryl/α,β-unsaturated/α-hetero) is 1. The number of hydrogen-bond donors (Lipinski definition) is 1. The zero-order chi connectivity index (χ0) is 49.3. The van der Waals surface area contributed by atoms with Crippen molar-refractivity contribution in [3.63, 3.8) is 0 Å². The molecular weight excluding hydrogens is 901 g/mol. The highest BCUT2D eigenvalue weighted by molar-refractivity contribution is 5.93. The lowest BCUT2D eigenvalue weighted by Crippen LogP contribution is -2.58. The molecule has 6 saturated heterocycles. The molecule has 0 aromatic heterocycles. The number of aliphatic hydroxyl groups excluding tert-OH is 1. The quantitative estimate of drug-likeness (QED) is 0.188. The average molecular weight is 983 g/mol. The molecule has 3 aliphatic carbocycles. The Bertz CT molecular complexity index is 1790. The van der Waals surface area contributed by atoms with E-state index in [1.54, 1.807) is 35.4 Å². The summed E-state index contributed by atoms with van der Waals surface area (Å²) >= 11 is 0. The predicted octanol–water partition coefficient (Wildman–Crippen LogP) is 5.14. The Balaban J connectivity index is 0.766. The molecule has 1 spiro atoms. The highest BCUT2D eigenvalue weighted by atomic mass is 16.8. The molecule has 9 fully saturated rings. The highest BCUT2D eigenvalue weighted by Gasteiger charge is 2.72. The van der Waals surface area contributed by atoms with Crippen molar-refractivity contribution in [3.05, 3.63) is 0 Å². The fourth-order valence-electron chi connectivity index (χ4n) is 14.6. The van der Waals surface area contributed by atoms with E-state index in [2.05, 4.69) is 13.8 Å². The number of hydrogen-bond acceptors (Lipinski definition) is 18. The van der Waals surface area contributed by atoms with Crippen LogP contribution in [0.1, 0.15) is 126 Å². The lowest BCUT2D eigenvalue weighted by atomic mass is 9.52. The van der Waals surface area contributed by atoms with Gasteiger partial charge in [0.2, 0.25) is 0 Å². The van der Waals surface area contributed by atoms with Crippen LogP contribution in [-0.4, -0.2) is 174 Å². The van der Waals surface area contributed by atoms with Gasteiger partial charge in [0.05, 0.1) is 72.6 Å². The Morgan fingerprint density at radius 1 is 0.594 bits per heavy atom. The van der Waals surface area contributed by atoms with Crippen LogP contribution in [0.5, 0.6) is 0 Å². The Hall–Kier alpha value is -1.46. The van der Waals surface area contributed by atoms with Crippen LogP contribution in [-0.2, 0) is 80.6 Å². The van der Waals surface area contributed by atoms with Crippen LogP contribution in [0.2, 0.25) is 0 Å². The van der Waals surface area contributed by atoms with E-state index in [-0.39, 0.29) is 65.8 Å². The van der Waals surface area contributed by atoms with E-state index in [1.807, 2.05) is 27.7 Å². The van der Waals surface area contributed by atoms with Crippen molar-refractivity contribution in [2.45, 2.75) is 255 Å². The first kappa shape index (κ1) is 52.4. The van der Waals surface area contributed by atoms with Gasteiger partial charge in [-0.15, -0.1) is 0 Å². The lowest BCUT2D eigenvalue weighted by Gasteiger charge is -2.57. The Morgan fingerprint density at radius 2 is 1.09 bits per heavy atom. The summed E-state index contributed by atoms with van der Waals surface area (Å²) in [5.74, 6) is -0.749. The van der Waals surface area contributed by atoms with Gasteiger partial charge in [0.15, 0.2) is 42.8 Å². The Kier molecular flexibility index (Phi) is 15.7. The third-order valence-corrected chi connectivity index (χ3v) is 18.4. The van der Waals surface area contributed by atoms with E-state index in [1.165, 1.54) is 6.92 Å². The average Bonchev–Trinajstić information content (AvgIpc) is 3.80. The maximum Gasteiger partial charge on any atom is 0.303 e. The predicted molar refractivity (Wildman–Crippen MR) is 242 cm³/mol. The second-order valence-corrected chi connectivity index (χ2v) is 22.3. The van der Waals surface area contributed by atoms with Gasteiger partial charge in [-0.3, -0.25) is 9.59 Å². The summed E-state index contributed by atoms with van der Waals surface area (Å²) in [5.41, 5.74) is -0.836. The van der Waals surface area contributed by atoms with Crippen molar-refractivity contribution in [2.75, 3.05) is 28.4 Å². The molecular formula is C51H82O18. The van der Waals surface area contributed by atoms with E-state index in [9.17, 15) is 14.7 Å². The molecule has 2 bridgehead atoms. The minimum absolute atomic E-state index is 0.0143. The molecule has 18 heteroatoms. The van der Waals surface area contributed by atoms with Gasteiger partial charge in [-0.2, -0.15) is 0 Å². The summed E-state index contributed by atoms with van der Waals surface area (Å²) in [7, 11) is 6.59. The van der Waals surface area contributed by atoms with Crippen molar-refractivity contribution in [1.29, 1.82) is 0 Å². The van der Waals surface area contributed by atoms with Crippen molar-refractivity contribution in [2.24, 2.45) is 28.6 Å². The molecule has 0 radical (unpaired) electrons. The van der Waals surface area contributed by atoms with Crippen LogP contribution in [0, 0.1) is 28.6 Å². The van der Waals surface area contributed by atoms with Gasteiger partial charge in [0.25, 0.3) is 0 Å². The summed E-state index contributed by atoms with van der Waals surface area (Å²) in [5, 5.41) is 10.4. The second kappa shape index (κ2) is 20.7. The van der Waals surface area contributed by atoms with E-state index in [4.69, 9.17) is 71.1 Å². The topological polar surface area (TPSA) is 193 Å². The summed E-state index contributed by atoms with van der Waals surface area (Å²) < 4.78 is 95.0. The van der Waals surface area contributed by atoms with Crippen LogP contribution in [0.4, 0.5) is 0 Å². The molecule has 6 heterocycles.